The summed E-state index contributed by atoms with van der Waals surface area (Å²) in [5.41, 5.74) is 8.52. The number of hydrogen-bond acceptors (Lipinski definition) is 2. The second kappa shape index (κ2) is 4.77. The Bertz CT molecular complexity index is 316. The Labute approximate surface area is 93.1 Å². The lowest BCUT2D eigenvalue weighted by atomic mass is 9.84. The van der Waals surface area contributed by atoms with Crippen LogP contribution in [0.2, 0.25) is 0 Å². The summed E-state index contributed by atoms with van der Waals surface area (Å²) in [5, 5.41) is 0. The van der Waals surface area contributed by atoms with Crippen molar-refractivity contribution in [1.29, 1.82) is 0 Å². The van der Waals surface area contributed by atoms with Gasteiger partial charge in [-0.05, 0) is 25.2 Å². The van der Waals surface area contributed by atoms with Gasteiger partial charge in [0.15, 0.2) is 0 Å². The van der Waals surface area contributed by atoms with Crippen LogP contribution >= 0.6 is 0 Å². The molecule has 0 aliphatic heterocycles. The van der Waals surface area contributed by atoms with Gasteiger partial charge in [-0.25, -0.2) is 0 Å². The quantitative estimate of drug-likeness (QED) is 0.816. The molecule has 15 heavy (non-hydrogen) atoms. The lowest BCUT2D eigenvalue weighted by molar-refractivity contribution is 0.402. The Morgan fingerprint density at radius 1 is 1.27 bits per heavy atom. The van der Waals surface area contributed by atoms with Crippen LogP contribution in [0.1, 0.15) is 25.0 Å². The van der Waals surface area contributed by atoms with Crippen LogP contribution in [0.3, 0.4) is 0 Å². The Balaban J connectivity index is 2.92. The van der Waals surface area contributed by atoms with Crippen molar-refractivity contribution in [3.63, 3.8) is 0 Å². The third-order valence-corrected chi connectivity index (χ3v) is 2.72. The third-order valence-electron chi connectivity index (χ3n) is 2.72. The van der Waals surface area contributed by atoms with Gasteiger partial charge in [0.2, 0.25) is 0 Å². The first-order chi connectivity index (χ1) is 6.95. The molecule has 0 radical (unpaired) electrons. The van der Waals surface area contributed by atoms with E-state index >= 15 is 0 Å². The van der Waals surface area contributed by atoms with E-state index in [1.165, 1.54) is 11.1 Å². The topological polar surface area (TPSA) is 29.3 Å². The van der Waals surface area contributed by atoms with Crippen LogP contribution in [0.5, 0.6) is 0 Å². The fraction of sp³-hybridized carbons (Fsp3) is 0.538. The molecular formula is C13H22N2. The summed E-state index contributed by atoms with van der Waals surface area (Å²) in [6, 6.07) is 8.69. The Hall–Kier alpha value is -0.860. The van der Waals surface area contributed by atoms with Gasteiger partial charge >= 0.3 is 0 Å². The molecule has 1 rings (SSSR count). The molecule has 0 heterocycles. The molecule has 2 heteroatoms. The minimum atomic E-state index is 0.0717. The van der Waals surface area contributed by atoms with E-state index in [-0.39, 0.29) is 5.41 Å². The molecule has 0 spiro atoms. The largest absolute Gasteiger partial charge is 0.330 e. The van der Waals surface area contributed by atoms with Gasteiger partial charge in [0.25, 0.3) is 0 Å². The van der Waals surface area contributed by atoms with Crippen LogP contribution in [0.15, 0.2) is 24.3 Å². The normalized spacial score (nSPS) is 12.1. The molecule has 84 valence electrons. The molecule has 1 aromatic carbocycles. The van der Waals surface area contributed by atoms with Gasteiger partial charge in [-0.2, -0.15) is 0 Å². The predicted molar refractivity (Wildman–Crippen MR) is 65.9 cm³/mol. The molecule has 0 aliphatic carbocycles. The fourth-order valence-electron chi connectivity index (χ4n) is 1.57. The highest BCUT2D eigenvalue weighted by atomic mass is 15.0. The summed E-state index contributed by atoms with van der Waals surface area (Å²) < 4.78 is 0. The maximum atomic E-state index is 5.78. The summed E-state index contributed by atoms with van der Waals surface area (Å²) in [4.78, 5) is 2.18. The van der Waals surface area contributed by atoms with Crippen molar-refractivity contribution in [3.05, 3.63) is 35.4 Å². The van der Waals surface area contributed by atoms with Crippen LogP contribution in [0.25, 0.3) is 0 Å². The van der Waals surface area contributed by atoms with Crippen LogP contribution in [-0.2, 0) is 12.0 Å². The second-order valence-electron chi connectivity index (χ2n) is 5.03. The first-order valence-electron chi connectivity index (χ1n) is 5.40. The highest BCUT2D eigenvalue weighted by molar-refractivity contribution is 5.29. The summed E-state index contributed by atoms with van der Waals surface area (Å²) in [6.07, 6.45) is 0. The zero-order valence-corrected chi connectivity index (χ0v) is 10.2. The van der Waals surface area contributed by atoms with Gasteiger partial charge in [0, 0.05) is 18.5 Å². The molecule has 0 atom stereocenters. The van der Waals surface area contributed by atoms with E-state index in [0.29, 0.717) is 6.54 Å². The number of benzene rings is 1. The molecule has 0 saturated heterocycles. The van der Waals surface area contributed by atoms with Crippen molar-refractivity contribution in [1.82, 2.24) is 4.90 Å². The van der Waals surface area contributed by atoms with Gasteiger partial charge in [0.05, 0.1) is 0 Å². The first kappa shape index (κ1) is 12.2. The van der Waals surface area contributed by atoms with Crippen molar-refractivity contribution >= 4 is 0 Å². The molecule has 0 fully saturated rings. The van der Waals surface area contributed by atoms with Crippen LogP contribution in [0, 0.1) is 0 Å². The molecule has 1 aromatic rings. The number of rotatable bonds is 4. The van der Waals surface area contributed by atoms with E-state index in [4.69, 9.17) is 5.73 Å². The summed E-state index contributed by atoms with van der Waals surface area (Å²) in [5.74, 6) is 0. The van der Waals surface area contributed by atoms with E-state index in [9.17, 15) is 0 Å². The average Bonchev–Trinajstić information content (AvgIpc) is 2.17. The molecule has 0 saturated carbocycles. The van der Waals surface area contributed by atoms with Crippen molar-refractivity contribution in [2.75, 3.05) is 20.6 Å². The van der Waals surface area contributed by atoms with Crippen LogP contribution in [0.4, 0.5) is 0 Å². The SMILES string of the molecule is CN(C)Cc1cccc(C(C)(C)CN)c1. The number of nitrogens with zero attached hydrogens (tertiary/aromatic N) is 1. The zero-order valence-electron chi connectivity index (χ0n) is 10.2. The Morgan fingerprint density at radius 2 is 1.93 bits per heavy atom. The third kappa shape index (κ3) is 3.33. The first-order valence-corrected chi connectivity index (χ1v) is 5.40. The molecule has 0 amide bonds. The van der Waals surface area contributed by atoms with Crippen molar-refractivity contribution in [2.45, 2.75) is 25.8 Å². The predicted octanol–water partition coefficient (Wildman–Crippen LogP) is 1.98. The summed E-state index contributed by atoms with van der Waals surface area (Å²) in [7, 11) is 4.17. The summed E-state index contributed by atoms with van der Waals surface area (Å²) >= 11 is 0. The summed E-state index contributed by atoms with van der Waals surface area (Å²) in [6.45, 7) is 6.02. The lowest BCUT2D eigenvalue weighted by Crippen LogP contribution is -2.28. The van der Waals surface area contributed by atoms with Gasteiger partial charge in [0.1, 0.15) is 0 Å². The van der Waals surface area contributed by atoms with Crippen LogP contribution in [-0.4, -0.2) is 25.5 Å². The van der Waals surface area contributed by atoms with Gasteiger partial charge in [-0.15, -0.1) is 0 Å². The standard InChI is InChI=1S/C13H22N2/c1-13(2,10-14)12-7-5-6-11(8-12)9-15(3)4/h5-8H,9-10,14H2,1-4H3. The van der Waals surface area contributed by atoms with Gasteiger partial charge in [-0.1, -0.05) is 38.1 Å². The van der Waals surface area contributed by atoms with E-state index < -0.39 is 0 Å². The maximum Gasteiger partial charge on any atom is 0.0227 e. The molecular weight excluding hydrogens is 184 g/mol. The minimum absolute atomic E-state index is 0.0717. The minimum Gasteiger partial charge on any atom is -0.330 e. The van der Waals surface area contributed by atoms with Crippen molar-refractivity contribution in [2.24, 2.45) is 5.73 Å². The Kier molecular flexibility index (Phi) is 3.89. The molecule has 0 aliphatic rings. The Morgan fingerprint density at radius 3 is 2.47 bits per heavy atom. The zero-order chi connectivity index (χ0) is 11.5. The van der Waals surface area contributed by atoms with Crippen molar-refractivity contribution < 1.29 is 0 Å². The van der Waals surface area contributed by atoms with Crippen LogP contribution < -0.4 is 5.73 Å². The fourth-order valence-corrected chi connectivity index (χ4v) is 1.57. The second-order valence-corrected chi connectivity index (χ2v) is 5.03. The molecule has 2 N–H and O–H groups in total. The van der Waals surface area contributed by atoms with Gasteiger partial charge in [-0.3, -0.25) is 0 Å². The molecule has 2 nitrogen and oxygen atoms in total. The van der Waals surface area contributed by atoms with E-state index in [0.717, 1.165) is 6.54 Å². The maximum absolute atomic E-state index is 5.78. The monoisotopic (exact) mass is 206 g/mol. The number of nitrogens with two attached hydrogens (primary N) is 1. The number of hydrogen-bond donors (Lipinski definition) is 1. The van der Waals surface area contributed by atoms with E-state index in [1.807, 2.05) is 0 Å². The molecule has 0 unspecified atom stereocenters. The highest BCUT2D eigenvalue weighted by Gasteiger charge is 2.18. The molecule has 0 aromatic heterocycles. The lowest BCUT2D eigenvalue weighted by Gasteiger charge is -2.24. The van der Waals surface area contributed by atoms with Gasteiger partial charge < -0.3 is 10.6 Å². The molecule has 0 bridgehead atoms. The van der Waals surface area contributed by atoms with E-state index in [1.54, 1.807) is 0 Å². The smallest absolute Gasteiger partial charge is 0.0227 e. The highest BCUT2D eigenvalue weighted by Crippen LogP contribution is 2.22. The average molecular weight is 206 g/mol. The van der Waals surface area contributed by atoms with Crippen molar-refractivity contribution in [3.8, 4) is 0 Å². The van der Waals surface area contributed by atoms with E-state index in [2.05, 4.69) is 57.1 Å².